The van der Waals surface area contributed by atoms with Gasteiger partial charge in [0.25, 0.3) is 0 Å². The molecule has 0 fully saturated rings. The van der Waals surface area contributed by atoms with Gasteiger partial charge in [0, 0.05) is 11.8 Å². The Labute approximate surface area is 98.8 Å². The van der Waals surface area contributed by atoms with Gasteiger partial charge in [0.1, 0.15) is 0 Å². The standard InChI is InChI=1S/C9H18N2O4S/c1-3-6(5-16-2)10-9(15)11-7(4-12)8(13)14/h6-7,12H,3-5H2,1-2H3,(H,13,14)(H2,10,11,15)/t6?,7-/m1/s1. The van der Waals surface area contributed by atoms with Crippen LogP contribution in [-0.4, -0.2) is 52.9 Å². The monoisotopic (exact) mass is 250 g/mol. The quantitative estimate of drug-likeness (QED) is 0.504. The molecule has 0 radical (unpaired) electrons. The average Bonchev–Trinajstić information content (AvgIpc) is 2.24. The molecule has 2 amide bonds. The van der Waals surface area contributed by atoms with E-state index in [2.05, 4.69) is 10.6 Å². The van der Waals surface area contributed by atoms with Crippen molar-refractivity contribution in [3.05, 3.63) is 0 Å². The second kappa shape index (κ2) is 8.23. The summed E-state index contributed by atoms with van der Waals surface area (Å²) < 4.78 is 0. The van der Waals surface area contributed by atoms with E-state index in [4.69, 9.17) is 10.2 Å². The molecule has 0 aromatic carbocycles. The molecule has 0 aromatic heterocycles. The summed E-state index contributed by atoms with van der Waals surface area (Å²) >= 11 is 1.60. The van der Waals surface area contributed by atoms with Crippen LogP contribution in [0.5, 0.6) is 0 Å². The van der Waals surface area contributed by atoms with Crippen LogP contribution >= 0.6 is 11.8 Å². The topological polar surface area (TPSA) is 98.7 Å². The molecule has 0 heterocycles. The first-order chi connectivity index (χ1) is 7.54. The lowest BCUT2D eigenvalue weighted by Crippen LogP contribution is -2.50. The summed E-state index contributed by atoms with van der Waals surface area (Å²) in [5.74, 6) is -0.489. The van der Waals surface area contributed by atoms with Crippen LogP contribution < -0.4 is 10.6 Å². The van der Waals surface area contributed by atoms with E-state index in [1.165, 1.54) is 0 Å². The molecule has 0 aliphatic heterocycles. The summed E-state index contributed by atoms with van der Waals surface area (Å²) in [4.78, 5) is 21.9. The molecule has 4 N–H and O–H groups in total. The minimum Gasteiger partial charge on any atom is -0.480 e. The molecule has 0 aromatic rings. The lowest BCUT2D eigenvalue weighted by molar-refractivity contribution is -0.140. The van der Waals surface area contributed by atoms with E-state index in [0.717, 1.165) is 12.2 Å². The number of carbonyl (C=O) groups excluding carboxylic acids is 1. The minimum absolute atomic E-state index is 0.00291. The van der Waals surface area contributed by atoms with Crippen LogP contribution in [0.25, 0.3) is 0 Å². The van der Waals surface area contributed by atoms with Crippen molar-refractivity contribution in [3.8, 4) is 0 Å². The first kappa shape index (κ1) is 15.0. The number of nitrogens with one attached hydrogen (secondary N) is 2. The number of aliphatic carboxylic acids is 1. The van der Waals surface area contributed by atoms with E-state index in [1.54, 1.807) is 11.8 Å². The normalized spacial score (nSPS) is 13.9. The largest absolute Gasteiger partial charge is 0.480 e. The molecule has 2 atom stereocenters. The van der Waals surface area contributed by atoms with Crippen molar-refractivity contribution in [1.82, 2.24) is 10.6 Å². The van der Waals surface area contributed by atoms with E-state index in [0.29, 0.717) is 0 Å². The van der Waals surface area contributed by atoms with Crippen LogP contribution in [0.3, 0.4) is 0 Å². The summed E-state index contributed by atoms with van der Waals surface area (Å²) in [6.45, 7) is 1.31. The third kappa shape index (κ3) is 5.82. The van der Waals surface area contributed by atoms with Gasteiger partial charge in [-0.15, -0.1) is 0 Å². The molecule has 16 heavy (non-hydrogen) atoms. The summed E-state index contributed by atoms with van der Waals surface area (Å²) in [6.07, 6.45) is 2.70. The Morgan fingerprint density at radius 3 is 2.38 bits per heavy atom. The Hall–Kier alpha value is -0.950. The smallest absolute Gasteiger partial charge is 0.328 e. The SMILES string of the molecule is CCC(CSC)NC(=O)N[C@H](CO)C(=O)O. The fourth-order valence-corrected chi connectivity index (χ4v) is 1.75. The Balaban J connectivity index is 4.09. The van der Waals surface area contributed by atoms with Crippen molar-refractivity contribution in [1.29, 1.82) is 0 Å². The summed E-state index contributed by atoms with van der Waals surface area (Å²) in [7, 11) is 0. The van der Waals surface area contributed by atoms with Gasteiger partial charge in [0.15, 0.2) is 6.04 Å². The lowest BCUT2D eigenvalue weighted by atomic mass is 10.2. The van der Waals surface area contributed by atoms with Gasteiger partial charge in [0.05, 0.1) is 6.61 Å². The maximum atomic E-state index is 11.4. The number of carbonyl (C=O) groups is 2. The number of urea groups is 1. The van der Waals surface area contributed by atoms with Gasteiger partial charge in [-0.1, -0.05) is 6.92 Å². The van der Waals surface area contributed by atoms with Gasteiger partial charge in [0.2, 0.25) is 0 Å². The average molecular weight is 250 g/mol. The molecule has 0 spiro atoms. The molecule has 6 nitrogen and oxygen atoms in total. The molecule has 0 bridgehead atoms. The third-order valence-electron chi connectivity index (χ3n) is 1.98. The first-order valence-electron chi connectivity index (χ1n) is 4.94. The van der Waals surface area contributed by atoms with Crippen molar-refractivity contribution < 1.29 is 19.8 Å². The van der Waals surface area contributed by atoms with Gasteiger partial charge < -0.3 is 20.8 Å². The molecule has 0 saturated carbocycles. The molecule has 0 aliphatic carbocycles. The number of carboxylic acids is 1. The molecule has 94 valence electrons. The van der Waals surface area contributed by atoms with Crippen LogP contribution in [-0.2, 0) is 4.79 Å². The fraction of sp³-hybridized carbons (Fsp3) is 0.778. The molecule has 0 saturated heterocycles. The lowest BCUT2D eigenvalue weighted by Gasteiger charge is -2.18. The highest BCUT2D eigenvalue weighted by Crippen LogP contribution is 2.00. The molecular weight excluding hydrogens is 232 g/mol. The Bertz CT molecular complexity index is 238. The second-order valence-electron chi connectivity index (χ2n) is 3.25. The highest BCUT2D eigenvalue weighted by molar-refractivity contribution is 7.98. The predicted molar refractivity (Wildman–Crippen MR) is 62.6 cm³/mol. The zero-order valence-corrected chi connectivity index (χ0v) is 10.2. The maximum Gasteiger partial charge on any atom is 0.328 e. The number of aliphatic hydroxyl groups is 1. The highest BCUT2D eigenvalue weighted by atomic mass is 32.2. The summed E-state index contributed by atoms with van der Waals surface area (Å²) in [6, 6.07) is -1.82. The van der Waals surface area contributed by atoms with Crippen LogP contribution in [0.1, 0.15) is 13.3 Å². The van der Waals surface area contributed by atoms with Crippen molar-refractivity contribution in [2.45, 2.75) is 25.4 Å². The summed E-state index contributed by atoms with van der Waals surface area (Å²) in [5.41, 5.74) is 0. The molecule has 0 rings (SSSR count). The van der Waals surface area contributed by atoms with E-state index < -0.39 is 24.6 Å². The van der Waals surface area contributed by atoms with Crippen molar-refractivity contribution in [2.24, 2.45) is 0 Å². The van der Waals surface area contributed by atoms with Gasteiger partial charge >= 0.3 is 12.0 Å². The van der Waals surface area contributed by atoms with Crippen LogP contribution in [0.4, 0.5) is 4.79 Å². The van der Waals surface area contributed by atoms with Crippen LogP contribution in [0, 0.1) is 0 Å². The van der Waals surface area contributed by atoms with Gasteiger partial charge in [-0.25, -0.2) is 9.59 Å². The molecule has 0 aliphatic rings. The van der Waals surface area contributed by atoms with Crippen molar-refractivity contribution >= 4 is 23.8 Å². The van der Waals surface area contributed by atoms with E-state index in [9.17, 15) is 9.59 Å². The molecule has 1 unspecified atom stereocenters. The number of aliphatic hydroxyl groups excluding tert-OH is 1. The van der Waals surface area contributed by atoms with Gasteiger partial charge in [-0.3, -0.25) is 0 Å². The number of hydrogen-bond donors (Lipinski definition) is 4. The van der Waals surface area contributed by atoms with E-state index in [1.807, 2.05) is 13.2 Å². The zero-order chi connectivity index (χ0) is 12.6. The Kier molecular flexibility index (Phi) is 7.74. The van der Waals surface area contributed by atoms with Crippen LogP contribution in [0.2, 0.25) is 0 Å². The Morgan fingerprint density at radius 2 is 2.00 bits per heavy atom. The third-order valence-corrected chi connectivity index (χ3v) is 2.72. The minimum atomic E-state index is -1.26. The van der Waals surface area contributed by atoms with Crippen LogP contribution in [0.15, 0.2) is 0 Å². The van der Waals surface area contributed by atoms with E-state index in [-0.39, 0.29) is 6.04 Å². The van der Waals surface area contributed by atoms with Gasteiger partial charge in [-0.2, -0.15) is 11.8 Å². The number of hydrogen-bond acceptors (Lipinski definition) is 4. The predicted octanol–water partition coefficient (Wildman–Crippen LogP) is -0.127. The second-order valence-corrected chi connectivity index (χ2v) is 4.16. The number of thioether (sulfide) groups is 1. The zero-order valence-electron chi connectivity index (χ0n) is 9.40. The molecular formula is C9H18N2O4S. The Morgan fingerprint density at radius 1 is 1.38 bits per heavy atom. The molecule has 7 heteroatoms. The fourth-order valence-electron chi connectivity index (χ4n) is 1.03. The first-order valence-corrected chi connectivity index (χ1v) is 6.34. The number of amides is 2. The van der Waals surface area contributed by atoms with E-state index >= 15 is 0 Å². The highest BCUT2D eigenvalue weighted by Gasteiger charge is 2.19. The van der Waals surface area contributed by atoms with Gasteiger partial charge in [-0.05, 0) is 12.7 Å². The maximum absolute atomic E-state index is 11.4. The van der Waals surface area contributed by atoms with Crippen molar-refractivity contribution in [2.75, 3.05) is 18.6 Å². The van der Waals surface area contributed by atoms with Crippen molar-refractivity contribution in [3.63, 3.8) is 0 Å². The number of carboxylic acid groups (broad SMARTS) is 1. The number of rotatable bonds is 7. The summed E-state index contributed by atoms with van der Waals surface area (Å²) in [5, 5.41) is 22.1.